The molecule has 3 amide bonds. The minimum atomic E-state index is -0.435. The summed E-state index contributed by atoms with van der Waals surface area (Å²) in [5.41, 5.74) is 1.39. The van der Waals surface area contributed by atoms with Gasteiger partial charge in [-0.25, -0.2) is 4.90 Å². The molecule has 114 valence electrons. The molecule has 2 aliphatic rings. The summed E-state index contributed by atoms with van der Waals surface area (Å²) >= 11 is 0. The first-order chi connectivity index (χ1) is 11.1. The molecule has 0 spiro atoms. The maximum Gasteiger partial charge on any atom is 0.267 e. The van der Waals surface area contributed by atoms with Crippen molar-refractivity contribution >= 4 is 23.4 Å². The second kappa shape index (κ2) is 4.98. The quantitative estimate of drug-likeness (QED) is 0.859. The number of aromatic nitrogens is 2. The van der Waals surface area contributed by atoms with E-state index in [-0.39, 0.29) is 23.1 Å². The largest absolute Gasteiger partial charge is 0.349 e. The number of hydrogen-bond donors (Lipinski definition) is 1. The zero-order valence-corrected chi connectivity index (χ0v) is 12.0. The van der Waals surface area contributed by atoms with Crippen molar-refractivity contribution in [3.8, 4) is 0 Å². The van der Waals surface area contributed by atoms with Gasteiger partial charge in [-0.05, 0) is 37.1 Å². The van der Waals surface area contributed by atoms with Gasteiger partial charge in [0, 0.05) is 11.6 Å². The molecule has 4 rings (SSSR count). The SMILES string of the molecule is O=C(NC1CC1)c1ccc(N2C(=O)c3cnncc3C2=O)cc1. The normalized spacial score (nSPS) is 16.4. The van der Waals surface area contributed by atoms with Crippen molar-refractivity contribution < 1.29 is 14.4 Å². The molecule has 1 saturated carbocycles. The topological polar surface area (TPSA) is 92.3 Å². The summed E-state index contributed by atoms with van der Waals surface area (Å²) in [6.07, 6.45) is 4.60. The molecule has 1 fully saturated rings. The molecule has 0 radical (unpaired) electrons. The highest BCUT2D eigenvalue weighted by Crippen LogP contribution is 2.27. The lowest BCUT2D eigenvalue weighted by molar-refractivity contribution is 0.0923. The van der Waals surface area contributed by atoms with Crippen molar-refractivity contribution in [3.63, 3.8) is 0 Å². The Bertz CT molecular complexity index is 792. The van der Waals surface area contributed by atoms with Crippen LogP contribution in [-0.2, 0) is 0 Å². The summed E-state index contributed by atoms with van der Waals surface area (Å²) in [5, 5.41) is 10.2. The van der Waals surface area contributed by atoms with E-state index >= 15 is 0 Å². The number of imide groups is 1. The van der Waals surface area contributed by atoms with Crippen molar-refractivity contribution in [2.45, 2.75) is 18.9 Å². The molecule has 1 aliphatic carbocycles. The summed E-state index contributed by atoms with van der Waals surface area (Å²) < 4.78 is 0. The van der Waals surface area contributed by atoms with Crippen LogP contribution in [0.1, 0.15) is 43.9 Å². The van der Waals surface area contributed by atoms with Crippen LogP contribution in [0.4, 0.5) is 5.69 Å². The fourth-order valence-electron chi connectivity index (χ4n) is 2.49. The third-order valence-electron chi connectivity index (χ3n) is 3.90. The number of amides is 3. The van der Waals surface area contributed by atoms with E-state index in [1.165, 1.54) is 12.4 Å². The van der Waals surface area contributed by atoms with Gasteiger partial charge in [-0.15, -0.1) is 0 Å². The van der Waals surface area contributed by atoms with Crippen LogP contribution >= 0.6 is 0 Å². The Hall–Kier alpha value is -3.09. The van der Waals surface area contributed by atoms with E-state index in [1.807, 2.05) is 0 Å². The molecule has 0 bridgehead atoms. The second-order valence-electron chi connectivity index (χ2n) is 5.56. The first-order valence-electron chi connectivity index (χ1n) is 7.25. The molecule has 1 aromatic carbocycles. The number of fused-ring (bicyclic) bond motifs is 1. The Labute approximate surface area is 131 Å². The van der Waals surface area contributed by atoms with E-state index in [0.717, 1.165) is 17.7 Å². The zero-order chi connectivity index (χ0) is 16.0. The highest BCUT2D eigenvalue weighted by atomic mass is 16.2. The lowest BCUT2D eigenvalue weighted by Crippen LogP contribution is -2.29. The van der Waals surface area contributed by atoms with Gasteiger partial charge in [0.25, 0.3) is 17.7 Å². The monoisotopic (exact) mass is 308 g/mol. The fourth-order valence-corrected chi connectivity index (χ4v) is 2.49. The molecule has 1 N–H and O–H groups in total. The number of carbonyl (C=O) groups excluding carboxylic acids is 3. The van der Waals surface area contributed by atoms with Crippen LogP contribution in [0.15, 0.2) is 36.7 Å². The highest BCUT2D eigenvalue weighted by molar-refractivity contribution is 6.34. The molecular weight excluding hydrogens is 296 g/mol. The van der Waals surface area contributed by atoms with Gasteiger partial charge in [0.15, 0.2) is 0 Å². The van der Waals surface area contributed by atoms with Gasteiger partial charge >= 0.3 is 0 Å². The van der Waals surface area contributed by atoms with E-state index < -0.39 is 11.8 Å². The van der Waals surface area contributed by atoms with E-state index in [1.54, 1.807) is 24.3 Å². The molecule has 0 unspecified atom stereocenters. The number of carbonyl (C=O) groups is 3. The van der Waals surface area contributed by atoms with Gasteiger partial charge < -0.3 is 5.32 Å². The van der Waals surface area contributed by atoms with Gasteiger partial charge in [0.1, 0.15) is 0 Å². The summed E-state index contributed by atoms with van der Waals surface area (Å²) in [6, 6.07) is 6.66. The number of rotatable bonds is 3. The summed E-state index contributed by atoms with van der Waals surface area (Å²) in [6.45, 7) is 0. The predicted octanol–water partition coefficient (Wildman–Crippen LogP) is 1.17. The molecule has 2 heterocycles. The average molecular weight is 308 g/mol. The standard InChI is InChI=1S/C16H12N4O3/c21-14(19-10-3-4-10)9-1-5-11(6-2-9)20-15(22)12-7-17-18-8-13(12)16(20)23/h1-2,5-8,10H,3-4H2,(H,19,21). The Balaban J connectivity index is 1.60. The lowest BCUT2D eigenvalue weighted by atomic mass is 10.2. The second-order valence-corrected chi connectivity index (χ2v) is 5.56. The summed E-state index contributed by atoms with van der Waals surface area (Å²) in [7, 11) is 0. The van der Waals surface area contributed by atoms with Crippen molar-refractivity contribution in [3.05, 3.63) is 53.3 Å². The van der Waals surface area contributed by atoms with Gasteiger partial charge in [-0.3, -0.25) is 14.4 Å². The van der Waals surface area contributed by atoms with Crippen LogP contribution < -0.4 is 10.2 Å². The Morgan fingerprint density at radius 1 is 1.00 bits per heavy atom. The van der Waals surface area contributed by atoms with E-state index in [4.69, 9.17) is 0 Å². The number of anilines is 1. The molecule has 0 atom stereocenters. The van der Waals surface area contributed by atoms with Crippen LogP contribution in [0.5, 0.6) is 0 Å². The number of nitrogens with zero attached hydrogens (tertiary/aromatic N) is 3. The highest BCUT2D eigenvalue weighted by Gasteiger charge is 2.37. The summed E-state index contributed by atoms with van der Waals surface area (Å²) in [5.74, 6) is -1.01. The van der Waals surface area contributed by atoms with Crippen LogP contribution in [0.25, 0.3) is 0 Å². The fraction of sp³-hybridized carbons (Fsp3) is 0.188. The number of benzene rings is 1. The van der Waals surface area contributed by atoms with Crippen LogP contribution in [-0.4, -0.2) is 34.0 Å². The molecule has 7 nitrogen and oxygen atoms in total. The van der Waals surface area contributed by atoms with E-state index in [0.29, 0.717) is 11.3 Å². The smallest absolute Gasteiger partial charge is 0.267 e. The molecule has 7 heteroatoms. The van der Waals surface area contributed by atoms with Crippen LogP contribution in [0.3, 0.4) is 0 Å². The Kier molecular flexibility index (Phi) is 2.94. The average Bonchev–Trinajstić information content (AvgIpc) is 3.35. The van der Waals surface area contributed by atoms with Gasteiger partial charge in [-0.2, -0.15) is 10.2 Å². The minimum Gasteiger partial charge on any atom is -0.349 e. The van der Waals surface area contributed by atoms with Gasteiger partial charge in [-0.1, -0.05) is 0 Å². The first kappa shape index (κ1) is 13.6. The molecule has 2 aromatic rings. The third-order valence-corrected chi connectivity index (χ3v) is 3.90. The predicted molar refractivity (Wildman–Crippen MR) is 80.1 cm³/mol. The lowest BCUT2D eigenvalue weighted by Gasteiger charge is -2.14. The van der Waals surface area contributed by atoms with Crippen molar-refractivity contribution in [1.29, 1.82) is 0 Å². The van der Waals surface area contributed by atoms with Crippen molar-refractivity contribution in [2.75, 3.05) is 4.90 Å². The van der Waals surface area contributed by atoms with Crippen molar-refractivity contribution in [1.82, 2.24) is 15.5 Å². The number of hydrogen-bond acceptors (Lipinski definition) is 5. The molecule has 23 heavy (non-hydrogen) atoms. The van der Waals surface area contributed by atoms with E-state index in [2.05, 4.69) is 15.5 Å². The zero-order valence-electron chi connectivity index (χ0n) is 12.0. The van der Waals surface area contributed by atoms with Crippen molar-refractivity contribution in [2.24, 2.45) is 0 Å². The first-order valence-corrected chi connectivity index (χ1v) is 7.25. The summed E-state index contributed by atoms with van der Waals surface area (Å²) in [4.78, 5) is 37.7. The Morgan fingerprint density at radius 3 is 2.09 bits per heavy atom. The molecule has 1 aliphatic heterocycles. The number of nitrogens with one attached hydrogen (secondary N) is 1. The molecule has 1 aromatic heterocycles. The third kappa shape index (κ3) is 2.26. The maximum atomic E-state index is 12.3. The van der Waals surface area contributed by atoms with E-state index in [9.17, 15) is 14.4 Å². The van der Waals surface area contributed by atoms with Gasteiger partial charge in [0.2, 0.25) is 0 Å². The van der Waals surface area contributed by atoms with Crippen LogP contribution in [0.2, 0.25) is 0 Å². The van der Waals surface area contributed by atoms with Gasteiger partial charge in [0.05, 0.1) is 29.2 Å². The Morgan fingerprint density at radius 2 is 1.57 bits per heavy atom. The maximum absolute atomic E-state index is 12.3. The molecule has 0 saturated heterocycles. The molecular formula is C16H12N4O3. The minimum absolute atomic E-state index is 0.144. The van der Waals surface area contributed by atoms with Crippen LogP contribution in [0, 0.1) is 0 Å².